The second kappa shape index (κ2) is 12.5. The number of β-amino-alcohol motifs (C(OH)–C–C–N with tert-alkyl or cyclic N) is 1. The number of carbonyl (C=O) groups is 1. The molecule has 3 atom stereocenters. The molecular formula is C19H33Cl2N3O2. The lowest BCUT2D eigenvalue weighted by atomic mass is 9.95. The van der Waals surface area contributed by atoms with E-state index < -0.39 is 6.10 Å². The number of nitrogens with zero attached hydrogens (tertiary/aromatic N) is 1. The van der Waals surface area contributed by atoms with Crippen molar-refractivity contribution in [2.75, 3.05) is 26.2 Å². The number of amides is 1. The van der Waals surface area contributed by atoms with Crippen LogP contribution in [0.5, 0.6) is 0 Å². The minimum atomic E-state index is -0.436. The molecule has 0 aromatic heterocycles. The van der Waals surface area contributed by atoms with Crippen LogP contribution in [0, 0.1) is 11.8 Å². The molecule has 26 heavy (non-hydrogen) atoms. The van der Waals surface area contributed by atoms with Crippen molar-refractivity contribution in [2.45, 2.75) is 38.8 Å². The number of benzene rings is 1. The molecule has 2 rings (SSSR count). The first-order valence-corrected chi connectivity index (χ1v) is 8.96. The Kier molecular flexibility index (Phi) is 12.1. The highest BCUT2D eigenvalue weighted by atomic mass is 35.5. The number of nitrogens with two attached hydrogens (primary N) is 1. The predicted molar refractivity (Wildman–Crippen MR) is 111 cm³/mol. The van der Waals surface area contributed by atoms with Crippen LogP contribution in [0.4, 0.5) is 0 Å². The quantitative estimate of drug-likeness (QED) is 0.650. The molecule has 0 saturated carbocycles. The third-order valence-electron chi connectivity index (χ3n) is 5.09. The molecule has 5 nitrogen and oxygen atoms in total. The number of nitrogens with one attached hydrogen (secondary N) is 1. The van der Waals surface area contributed by atoms with Gasteiger partial charge in [-0.25, -0.2) is 0 Å². The van der Waals surface area contributed by atoms with Gasteiger partial charge in [-0.3, -0.25) is 4.79 Å². The summed E-state index contributed by atoms with van der Waals surface area (Å²) in [6.45, 7) is 7.06. The lowest BCUT2D eigenvalue weighted by molar-refractivity contribution is -0.125. The molecular weight excluding hydrogens is 373 g/mol. The number of rotatable bonds is 7. The van der Waals surface area contributed by atoms with E-state index in [0.717, 1.165) is 38.0 Å². The highest BCUT2D eigenvalue weighted by Gasteiger charge is 2.23. The Labute approximate surface area is 169 Å². The molecule has 1 amide bonds. The van der Waals surface area contributed by atoms with E-state index in [1.807, 2.05) is 44.2 Å². The number of aliphatic hydroxyl groups excluding tert-OH is 1. The third kappa shape index (κ3) is 7.80. The van der Waals surface area contributed by atoms with E-state index in [1.165, 1.54) is 0 Å². The highest BCUT2D eigenvalue weighted by molar-refractivity contribution is 5.85. The van der Waals surface area contributed by atoms with Crippen LogP contribution in [0.1, 0.15) is 38.4 Å². The highest BCUT2D eigenvalue weighted by Crippen LogP contribution is 2.20. The molecule has 7 heteroatoms. The van der Waals surface area contributed by atoms with Crippen LogP contribution in [-0.2, 0) is 4.79 Å². The van der Waals surface area contributed by atoms with Crippen molar-refractivity contribution in [3.05, 3.63) is 35.9 Å². The summed E-state index contributed by atoms with van der Waals surface area (Å²) in [5.41, 5.74) is 6.74. The fraction of sp³-hybridized carbons (Fsp3) is 0.632. The van der Waals surface area contributed by atoms with Crippen molar-refractivity contribution in [1.29, 1.82) is 0 Å². The minimum absolute atomic E-state index is 0. The first-order valence-electron chi connectivity index (χ1n) is 8.96. The summed E-state index contributed by atoms with van der Waals surface area (Å²) < 4.78 is 0. The fourth-order valence-corrected chi connectivity index (χ4v) is 3.04. The Bertz CT molecular complexity index is 509. The van der Waals surface area contributed by atoms with Crippen LogP contribution in [-0.4, -0.2) is 48.1 Å². The van der Waals surface area contributed by atoms with Gasteiger partial charge in [0.15, 0.2) is 0 Å². The molecule has 0 radical (unpaired) electrons. The summed E-state index contributed by atoms with van der Waals surface area (Å²) >= 11 is 0. The second-order valence-corrected chi connectivity index (χ2v) is 7.06. The molecule has 1 aliphatic heterocycles. The van der Waals surface area contributed by atoms with Crippen LogP contribution >= 0.6 is 24.8 Å². The van der Waals surface area contributed by atoms with E-state index in [-0.39, 0.29) is 42.7 Å². The number of aliphatic hydroxyl groups is 1. The predicted octanol–water partition coefficient (Wildman–Crippen LogP) is 2.38. The zero-order valence-corrected chi connectivity index (χ0v) is 17.3. The van der Waals surface area contributed by atoms with Gasteiger partial charge in [0.25, 0.3) is 0 Å². The van der Waals surface area contributed by atoms with Crippen LogP contribution < -0.4 is 11.1 Å². The summed E-state index contributed by atoms with van der Waals surface area (Å²) in [5, 5.41) is 13.3. The van der Waals surface area contributed by atoms with Crippen molar-refractivity contribution in [3.63, 3.8) is 0 Å². The molecule has 3 unspecified atom stereocenters. The van der Waals surface area contributed by atoms with Crippen LogP contribution in [0.15, 0.2) is 30.3 Å². The molecule has 1 aliphatic rings. The van der Waals surface area contributed by atoms with Gasteiger partial charge < -0.3 is 21.1 Å². The molecule has 1 aromatic carbocycles. The van der Waals surface area contributed by atoms with Gasteiger partial charge in [-0.05, 0) is 44.3 Å². The Morgan fingerprint density at radius 1 is 1.23 bits per heavy atom. The fourth-order valence-electron chi connectivity index (χ4n) is 3.04. The topological polar surface area (TPSA) is 78.6 Å². The molecule has 0 bridgehead atoms. The zero-order chi connectivity index (χ0) is 17.5. The average molecular weight is 406 g/mol. The summed E-state index contributed by atoms with van der Waals surface area (Å²) in [4.78, 5) is 14.3. The summed E-state index contributed by atoms with van der Waals surface area (Å²) in [5.74, 6) is 0.414. The maximum atomic E-state index is 12.0. The van der Waals surface area contributed by atoms with E-state index in [2.05, 4.69) is 10.2 Å². The van der Waals surface area contributed by atoms with E-state index in [0.29, 0.717) is 12.5 Å². The molecule has 150 valence electrons. The minimum Gasteiger partial charge on any atom is -0.387 e. The van der Waals surface area contributed by atoms with Gasteiger partial charge in [-0.15, -0.1) is 24.8 Å². The molecule has 1 aromatic rings. The lowest BCUT2D eigenvalue weighted by Gasteiger charge is -2.33. The van der Waals surface area contributed by atoms with Crippen molar-refractivity contribution in [1.82, 2.24) is 10.2 Å². The van der Waals surface area contributed by atoms with Crippen LogP contribution in [0.3, 0.4) is 0 Å². The normalized spacial score (nSPS) is 18.8. The maximum Gasteiger partial charge on any atom is 0.224 e. The molecule has 4 N–H and O–H groups in total. The number of halogens is 2. The Hall–Kier alpha value is -0.850. The van der Waals surface area contributed by atoms with Gasteiger partial charge in [0.2, 0.25) is 5.91 Å². The Balaban J connectivity index is 0.00000312. The number of hydrogen-bond acceptors (Lipinski definition) is 4. The van der Waals surface area contributed by atoms with Crippen molar-refractivity contribution < 1.29 is 9.90 Å². The first kappa shape index (κ1) is 25.1. The molecule has 0 aliphatic carbocycles. The number of piperidine rings is 1. The SMILES string of the molecule is CC(N)C(C)C(=O)NCC1CCN(CC(O)c2ccccc2)CC1.Cl.Cl. The van der Waals surface area contributed by atoms with E-state index in [4.69, 9.17) is 5.73 Å². The lowest BCUT2D eigenvalue weighted by Crippen LogP contribution is -2.43. The van der Waals surface area contributed by atoms with Gasteiger partial charge in [0, 0.05) is 25.0 Å². The van der Waals surface area contributed by atoms with Crippen LogP contribution in [0.25, 0.3) is 0 Å². The first-order chi connectivity index (χ1) is 11.5. The van der Waals surface area contributed by atoms with Gasteiger partial charge >= 0.3 is 0 Å². The van der Waals surface area contributed by atoms with Gasteiger partial charge in [0.05, 0.1) is 6.10 Å². The van der Waals surface area contributed by atoms with Gasteiger partial charge in [-0.2, -0.15) is 0 Å². The summed E-state index contributed by atoms with van der Waals surface area (Å²) in [7, 11) is 0. The van der Waals surface area contributed by atoms with Crippen molar-refractivity contribution in [3.8, 4) is 0 Å². The molecule has 1 fully saturated rings. The zero-order valence-electron chi connectivity index (χ0n) is 15.6. The average Bonchev–Trinajstić information content (AvgIpc) is 2.60. The smallest absolute Gasteiger partial charge is 0.224 e. The van der Waals surface area contributed by atoms with Gasteiger partial charge in [0.1, 0.15) is 0 Å². The third-order valence-corrected chi connectivity index (χ3v) is 5.09. The van der Waals surface area contributed by atoms with Crippen molar-refractivity contribution >= 4 is 30.7 Å². The number of hydrogen-bond donors (Lipinski definition) is 3. The Morgan fingerprint density at radius 3 is 2.35 bits per heavy atom. The maximum absolute atomic E-state index is 12.0. The standard InChI is InChI=1S/C19H31N3O2.2ClH/c1-14(15(2)20)19(24)21-12-16-8-10-22(11-9-16)13-18(23)17-6-4-3-5-7-17;;/h3-7,14-16,18,23H,8-13,20H2,1-2H3,(H,21,24);2*1H. The molecule has 1 heterocycles. The largest absolute Gasteiger partial charge is 0.387 e. The van der Waals surface area contributed by atoms with E-state index >= 15 is 0 Å². The van der Waals surface area contributed by atoms with Crippen LogP contribution in [0.2, 0.25) is 0 Å². The van der Waals surface area contributed by atoms with Crippen molar-refractivity contribution in [2.24, 2.45) is 17.6 Å². The number of likely N-dealkylation sites (tertiary alicyclic amines) is 1. The summed E-state index contributed by atoms with van der Waals surface area (Å²) in [6, 6.07) is 9.68. The van der Waals surface area contributed by atoms with Gasteiger partial charge in [-0.1, -0.05) is 37.3 Å². The molecule has 0 spiro atoms. The summed E-state index contributed by atoms with van der Waals surface area (Å²) in [6.07, 6.45) is 1.66. The second-order valence-electron chi connectivity index (χ2n) is 7.06. The Morgan fingerprint density at radius 2 is 1.81 bits per heavy atom. The number of carbonyl (C=O) groups excluding carboxylic acids is 1. The molecule has 1 saturated heterocycles. The van der Waals surface area contributed by atoms with E-state index in [1.54, 1.807) is 0 Å². The van der Waals surface area contributed by atoms with E-state index in [9.17, 15) is 9.90 Å². The monoisotopic (exact) mass is 405 g/mol.